The molecule has 1 aliphatic heterocycles. The Bertz CT molecular complexity index is 970. The maximum Gasteiger partial charge on any atom is 0.0632 e. The Kier molecular flexibility index (Phi) is 6.37. The maximum absolute atomic E-state index is 6.01. The number of alkyl halides is 2. The van der Waals surface area contributed by atoms with Gasteiger partial charge >= 0.3 is 0 Å². The minimum atomic E-state index is 0.627. The highest BCUT2D eigenvalue weighted by Gasteiger charge is 2.25. The molecule has 0 aromatic heterocycles. The fraction of sp³-hybridized carbons (Fsp3) is 0.304. The summed E-state index contributed by atoms with van der Waals surface area (Å²) in [6.07, 6.45) is 0. The lowest BCUT2D eigenvalue weighted by atomic mass is 10.1. The zero-order chi connectivity index (χ0) is 19.5. The van der Waals surface area contributed by atoms with Crippen LogP contribution in [0.2, 0.25) is 0 Å². The number of hydrogen-bond donors (Lipinski definition) is 0. The summed E-state index contributed by atoms with van der Waals surface area (Å²) < 4.78 is 0. The van der Waals surface area contributed by atoms with E-state index in [1.807, 2.05) is 11.8 Å². The molecule has 1 heterocycles. The number of aryl methyl sites for hydroxylation is 1. The van der Waals surface area contributed by atoms with Crippen molar-refractivity contribution in [2.45, 2.75) is 16.7 Å². The van der Waals surface area contributed by atoms with Crippen LogP contribution in [0.3, 0.4) is 0 Å². The largest absolute Gasteiger partial charge is 0.338 e. The fourth-order valence-corrected chi connectivity index (χ4v) is 5.39. The summed E-state index contributed by atoms with van der Waals surface area (Å²) in [4.78, 5) is 7.47. The first kappa shape index (κ1) is 19.9. The molecule has 0 saturated heterocycles. The first-order valence-corrected chi connectivity index (χ1v) is 11.5. The lowest BCUT2D eigenvalue weighted by Crippen LogP contribution is -2.36. The fourth-order valence-electron chi connectivity index (χ4n) is 3.81. The van der Waals surface area contributed by atoms with Crippen LogP contribution in [-0.2, 0) is 0 Å². The number of anilines is 2. The highest BCUT2D eigenvalue weighted by Crippen LogP contribution is 2.50. The summed E-state index contributed by atoms with van der Waals surface area (Å²) in [6.45, 7) is 5.72. The van der Waals surface area contributed by atoms with E-state index in [9.17, 15) is 0 Å². The highest BCUT2D eigenvalue weighted by molar-refractivity contribution is 7.99. The first-order chi connectivity index (χ1) is 13.7. The van der Waals surface area contributed by atoms with Gasteiger partial charge in [0.15, 0.2) is 0 Å². The topological polar surface area (TPSA) is 6.48 Å². The Morgan fingerprint density at radius 3 is 2.43 bits per heavy atom. The SMILES string of the molecule is Cc1ccc2c(c1)N(CCN(CCCl)CCCl)c1c(ccc3ccccc13)S2. The number of nitrogens with zero attached hydrogens (tertiary/aromatic N) is 2. The van der Waals surface area contributed by atoms with E-state index in [2.05, 4.69) is 71.3 Å². The van der Waals surface area contributed by atoms with Crippen molar-refractivity contribution >= 4 is 57.1 Å². The van der Waals surface area contributed by atoms with Gasteiger partial charge in [-0.25, -0.2) is 0 Å². The van der Waals surface area contributed by atoms with Gasteiger partial charge in [-0.05, 0) is 36.1 Å². The zero-order valence-electron chi connectivity index (χ0n) is 16.0. The number of hydrogen-bond acceptors (Lipinski definition) is 3. The Balaban J connectivity index is 1.77. The van der Waals surface area contributed by atoms with Crippen LogP contribution >= 0.6 is 35.0 Å². The summed E-state index contributed by atoms with van der Waals surface area (Å²) in [6, 6.07) is 19.9. The van der Waals surface area contributed by atoms with Gasteiger partial charge < -0.3 is 4.90 Å². The van der Waals surface area contributed by atoms with Crippen LogP contribution in [0.1, 0.15) is 5.56 Å². The smallest absolute Gasteiger partial charge is 0.0632 e. The number of benzene rings is 3. The summed E-state index contributed by atoms with van der Waals surface area (Å²) in [7, 11) is 0. The van der Waals surface area contributed by atoms with Gasteiger partial charge in [0.2, 0.25) is 0 Å². The van der Waals surface area contributed by atoms with Crippen LogP contribution in [-0.4, -0.2) is 42.8 Å². The molecule has 0 saturated carbocycles. The number of rotatable bonds is 7. The molecule has 2 nitrogen and oxygen atoms in total. The molecule has 0 bridgehead atoms. The summed E-state index contributed by atoms with van der Waals surface area (Å²) in [5, 5.41) is 2.59. The van der Waals surface area contributed by atoms with Crippen LogP contribution in [0.25, 0.3) is 10.8 Å². The van der Waals surface area contributed by atoms with Crippen molar-refractivity contribution in [3.8, 4) is 0 Å². The van der Waals surface area contributed by atoms with Crippen molar-refractivity contribution in [1.82, 2.24) is 4.90 Å². The van der Waals surface area contributed by atoms with E-state index < -0.39 is 0 Å². The predicted molar refractivity (Wildman–Crippen MR) is 124 cm³/mol. The van der Waals surface area contributed by atoms with Crippen molar-refractivity contribution in [2.24, 2.45) is 0 Å². The second-order valence-corrected chi connectivity index (χ2v) is 8.92. The van der Waals surface area contributed by atoms with E-state index in [0.717, 1.165) is 26.2 Å². The molecule has 28 heavy (non-hydrogen) atoms. The summed E-state index contributed by atoms with van der Waals surface area (Å²) >= 11 is 13.9. The molecule has 4 rings (SSSR count). The van der Waals surface area contributed by atoms with Crippen LogP contribution in [0.15, 0.2) is 64.4 Å². The number of halogens is 2. The lowest BCUT2D eigenvalue weighted by Gasteiger charge is -2.35. The maximum atomic E-state index is 6.01. The molecule has 0 fully saturated rings. The normalized spacial score (nSPS) is 13.1. The minimum Gasteiger partial charge on any atom is -0.338 e. The van der Waals surface area contributed by atoms with Crippen molar-refractivity contribution < 1.29 is 0 Å². The van der Waals surface area contributed by atoms with E-state index in [1.165, 1.54) is 37.5 Å². The molecular weight excluding hydrogens is 407 g/mol. The molecule has 3 aromatic rings. The molecule has 0 atom stereocenters. The van der Waals surface area contributed by atoms with Gasteiger partial charge in [0.05, 0.1) is 11.4 Å². The number of fused-ring (bicyclic) bond motifs is 4. The monoisotopic (exact) mass is 430 g/mol. The third-order valence-corrected chi connectivity index (χ3v) is 6.65. The van der Waals surface area contributed by atoms with Crippen molar-refractivity contribution in [3.05, 3.63) is 60.2 Å². The molecule has 0 radical (unpaired) electrons. The summed E-state index contributed by atoms with van der Waals surface area (Å²) in [5.74, 6) is 1.25. The quantitative estimate of drug-likeness (QED) is 0.393. The van der Waals surface area contributed by atoms with Gasteiger partial charge in [-0.1, -0.05) is 48.2 Å². The van der Waals surface area contributed by atoms with Crippen LogP contribution in [0, 0.1) is 6.92 Å². The molecule has 1 aliphatic rings. The molecule has 0 unspecified atom stereocenters. The van der Waals surface area contributed by atoms with E-state index in [0.29, 0.717) is 11.8 Å². The van der Waals surface area contributed by atoms with Gasteiger partial charge in [-0.15, -0.1) is 23.2 Å². The summed E-state index contributed by atoms with van der Waals surface area (Å²) in [5.41, 5.74) is 3.90. The average molecular weight is 431 g/mol. The minimum absolute atomic E-state index is 0.627. The molecule has 146 valence electrons. The van der Waals surface area contributed by atoms with Gasteiger partial charge in [0.1, 0.15) is 0 Å². The standard InChI is InChI=1S/C23H24Cl2N2S/c1-17-6-8-21-20(16-17)27(15-14-26(12-10-24)13-11-25)23-19-5-3-2-4-18(19)7-9-22(23)28-21/h2-9,16H,10-15H2,1H3. The van der Waals surface area contributed by atoms with Crippen LogP contribution < -0.4 is 4.90 Å². The van der Waals surface area contributed by atoms with E-state index >= 15 is 0 Å². The second-order valence-electron chi connectivity index (χ2n) is 7.08. The predicted octanol–water partition coefficient (Wildman–Crippen LogP) is 6.53. The Labute approximate surface area is 181 Å². The second kappa shape index (κ2) is 8.96. The van der Waals surface area contributed by atoms with Gasteiger partial charge in [0.25, 0.3) is 0 Å². The van der Waals surface area contributed by atoms with Crippen LogP contribution in [0.4, 0.5) is 11.4 Å². The van der Waals surface area contributed by atoms with Gasteiger partial charge in [-0.3, -0.25) is 4.90 Å². The Morgan fingerprint density at radius 2 is 1.64 bits per heavy atom. The Hall–Kier alpha value is -1.39. The molecule has 0 spiro atoms. The average Bonchev–Trinajstić information content (AvgIpc) is 2.71. The molecule has 5 heteroatoms. The van der Waals surface area contributed by atoms with Gasteiger partial charge in [0, 0.05) is 53.1 Å². The van der Waals surface area contributed by atoms with E-state index in [-0.39, 0.29) is 0 Å². The van der Waals surface area contributed by atoms with Gasteiger partial charge in [-0.2, -0.15) is 0 Å². The third kappa shape index (κ3) is 3.99. The van der Waals surface area contributed by atoms with Crippen molar-refractivity contribution in [1.29, 1.82) is 0 Å². The highest BCUT2D eigenvalue weighted by atomic mass is 35.5. The van der Waals surface area contributed by atoms with Crippen molar-refractivity contribution in [2.75, 3.05) is 42.8 Å². The lowest BCUT2D eigenvalue weighted by molar-refractivity contribution is 0.315. The Morgan fingerprint density at radius 1 is 0.893 bits per heavy atom. The molecule has 0 aliphatic carbocycles. The van der Waals surface area contributed by atoms with E-state index in [1.54, 1.807) is 0 Å². The molecule has 3 aromatic carbocycles. The first-order valence-electron chi connectivity index (χ1n) is 9.63. The zero-order valence-corrected chi connectivity index (χ0v) is 18.3. The molecular formula is C23H24Cl2N2S. The van der Waals surface area contributed by atoms with Crippen molar-refractivity contribution in [3.63, 3.8) is 0 Å². The van der Waals surface area contributed by atoms with Crippen LogP contribution in [0.5, 0.6) is 0 Å². The molecule has 0 N–H and O–H groups in total. The third-order valence-electron chi connectivity index (χ3n) is 5.20. The molecule has 0 amide bonds. The van der Waals surface area contributed by atoms with E-state index in [4.69, 9.17) is 23.2 Å².